The highest BCUT2D eigenvalue weighted by Crippen LogP contribution is 2.75. The molecule has 1 heterocycles. The van der Waals surface area contributed by atoms with Crippen LogP contribution in [-0.4, -0.2) is 22.9 Å². The minimum Gasteiger partial charge on any atom is -0.319 e. The van der Waals surface area contributed by atoms with E-state index in [0.29, 0.717) is 5.92 Å². The molecule has 3 fully saturated rings. The monoisotopic (exact) mass is 294 g/mol. The molecule has 3 heteroatoms. The summed E-state index contributed by atoms with van der Waals surface area (Å²) in [5.41, 5.74) is 1.17. The van der Waals surface area contributed by atoms with E-state index in [9.17, 15) is 10.1 Å². The average molecular weight is 294 g/mol. The van der Waals surface area contributed by atoms with Gasteiger partial charge in [-0.25, -0.2) is 0 Å². The van der Waals surface area contributed by atoms with Crippen LogP contribution in [0.5, 0.6) is 0 Å². The second-order valence-electron chi connectivity index (χ2n) is 7.87. The van der Waals surface area contributed by atoms with Crippen molar-refractivity contribution < 1.29 is 4.79 Å². The molecule has 1 aliphatic heterocycles. The van der Waals surface area contributed by atoms with Crippen LogP contribution in [0.2, 0.25) is 0 Å². The van der Waals surface area contributed by atoms with Crippen molar-refractivity contribution in [2.24, 2.45) is 16.7 Å². The van der Waals surface area contributed by atoms with Crippen LogP contribution in [0.3, 0.4) is 0 Å². The number of hydrogen-bond donors (Lipinski definition) is 0. The third kappa shape index (κ3) is 1.23. The Hall–Kier alpha value is -1.82. The van der Waals surface area contributed by atoms with E-state index in [0.717, 1.165) is 30.5 Å². The van der Waals surface area contributed by atoms with Gasteiger partial charge in [0.1, 0.15) is 5.54 Å². The smallest absolute Gasteiger partial charge is 0.255 e. The molecule has 4 atom stereocenters. The van der Waals surface area contributed by atoms with Gasteiger partial charge < -0.3 is 4.90 Å². The lowest BCUT2D eigenvalue weighted by Crippen LogP contribution is -2.54. The first kappa shape index (κ1) is 13.8. The first-order valence-corrected chi connectivity index (χ1v) is 8.18. The van der Waals surface area contributed by atoms with Gasteiger partial charge in [-0.1, -0.05) is 32.0 Å². The third-order valence-corrected chi connectivity index (χ3v) is 7.36. The van der Waals surface area contributed by atoms with E-state index in [2.05, 4.69) is 19.9 Å². The zero-order chi connectivity index (χ0) is 15.8. The highest BCUT2D eigenvalue weighted by atomic mass is 16.2. The summed E-state index contributed by atoms with van der Waals surface area (Å²) in [5, 5.41) is 10.0. The molecule has 0 radical (unpaired) electrons. The fourth-order valence-corrected chi connectivity index (χ4v) is 5.71. The van der Waals surface area contributed by atoms with Gasteiger partial charge in [-0.15, -0.1) is 0 Å². The van der Waals surface area contributed by atoms with Crippen molar-refractivity contribution in [3.63, 3.8) is 0 Å². The average Bonchev–Trinajstić information content (AvgIpc) is 2.96. The zero-order valence-corrected chi connectivity index (χ0v) is 13.5. The van der Waals surface area contributed by atoms with E-state index in [-0.39, 0.29) is 16.7 Å². The molecule has 3 nitrogen and oxygen atoms in total. The Labute approximate surface area is 131 Å². The summed E-state index contributed by atoms with van der Waals surface area (Å²) in [4.78, 5) is 15.1. The fraction of sp³-hybridized carbons (Fsp3) is 0.579. The molecule has 0 aromatic heterocycles. The maximum atomic E-state index is 13.2. The quantitative estimate of drug-likeness (QED) is 0.795. The molecule has 1 amide bonds. The van der Waals surface area contributed by atoms with Crippen LogP contribution in [0.25, 0.3) is 0 Å². The summed E-state index contributed by atoms with van der Waals surface area (Å²) in [6.07, 6.45) is 3.14. The standard InChI is InChI=1S/C19H22N2O/c1-13-6-4-5-7-15(13)16(22)21-12-17(2)14-8-9-18(17,3)19(21,10-14)11-20/h4-7,14H,8-10,12H2,1-3H3/t14-,17-,18+,19-/m1/s1. The lowest BCUT2D eigenvalue weighted by molar-refractivity contribution is 0.0429. The van der Waals surface area contributed by atoms with Gasteiger partial charge in [-0.05, 0) is 49.1 Å². The molecule has 1 aromatic rings. The molecule has 4 bridgehead atoms. The maximum absolute atomic E-state index is 13.2. The molecule has 2 aliphatic carbocycles. The first-order chi connectivity index (χ1) is 10.4. The predicted molar refractivity (Wildman–Crippen MR) is 84.1 cm³/mol. The summed E-state index contributed by atoms with van der Waals surface area (Å²) < 4.78 is 0. The van der Waals surface area contributed by atoms with Gasteiger partial charge in [-0.3, -0.25) is 4.79 Å². The number of nitrogens with zero attached hydrogens (tertiary/aromatic N) is 2. The number of piperidine rings is 1. The van der Waals surface area contributed by atoms with Gasteiger partial charge in [-0.2, -0.15) is 5.26 Å². The second kappa shape index (κ2) is 3.93. The van der Waals surface area contributed by atoms with Gasteiger partial charge in [0, 0.05) is 17.5 Å². The van der Waals surface area contributed by atoms with Crippen LogP contribution in [0, 0.1) is 35.0 Å². The molecule has 1 saturated heterocycles. The maximum Gasteiger partial charge on any atom is 0.255 e. The number of hydrogen-bond acceptors (Lipinski definition) is 2. The van der Waals surface area contributed by atoms with Gasteiger partial charge in [0.2, 0.25) is 0 Å². The number of carbonyl (C=O) groups is 1. The van der Waals surface area contributed by atoms with Crippen molar-refractivity contribution in [3.8, 4) is 6.07 Å². The Morgan fingerprint density at radius 1 is 1.36 bits per heavy atom. The van der Waals surface area contributed by atoms with Crippen LogP contribution < -0.4 is 0 Å². The van der Waals surface area contributed by atoms with Crippen molar-refractivity contribution in [2.75, 3.05) is 6.54 Å². The van der Waals surface area contributed by atoms with Gasteiger partial charge in [0.25, 0.3) is 5.91 Å². The van der Waals surface area contributed by atoms with Crippen LogP contribution in [0.4, 0.5) is 0 Å². The second-order valence-corrected chi connectivity index (χ2v) is 7.87. The third-order valence-electron chi connectivity index (χ3n) is 7.36. The molecule has 22 heavy (non-hydrogen) atoms. The van der Waals surface area contributed by atoms with Crippen molar-refractivity contribution in [2.45, 2.75) is 45.6 Å². The Bertz CT molecular complexity index is 720. The van der Waals surface area contributed by atoms with Crippen LogP contribution >= 0.6 is 0 Å². The Morgan fingerprint density at radius 2 is 2.09 bits per heavy atom. The SMILES string of the molecule is Cc1ccccc1C(=O)N1C[C@]2(C)[C@@H]3CC[C@]2(C)[C@]1(C#N)C3. The molecule has 3 aliphatic rings. The molecule has 0 unspecified atom stereocenters. The topological polar surface area (TPSA) is 44.1 Å². The highest BCUT2D eigenvalue weighted by Gasteiger charge is 2.78. The van der Waals surface area contributed by atoms with E-state index >= 15 is 0 Å². The number of carbonyl (C=O) groups excluding carboxylic acids is 1. The number of aryl methyl sites for hydroxylation is 1. The van der Waals surface area contributed by atoms with Gasteiger partial charge in [0.05, 0.1) is 6.07 Å². The summed E-state index contributed by atoms with van der Waals surface area (Å²) in [7, 11) is 0. The summed E-state index contributed by atoms with van der Waals surface area (Å²) in [6, 6.07) is 10.3. The lowest BCUT2D eigenvalue weighted by atomic mass is 9.66. The Balaban J connectivity index is 1.82. The molecular weight excluding hydrogens is 272 g/mol. The minimum absolute atomic E-state index is 0.0370. The van der Waals surface area contributed by atoms with Crippen LogP contribution in [-0.2, 0) is 0 Å². The molecule has 0 spiro atoms. The van der Waals surface area contributed by atoms with E-state index in [1.54, 1.807) is 0 Å². The van der Waals surface area contributed by atoms with Gasteiger partial charge in [0.15, 0.2) is 0 Å². The largest absolute Gasteiger partial charge is 0.319 e. The van der Waals surface area contributed by atoms with Crippen molar-refractivity contribution in [1.82, 2.24) is 4.90 Å². The Morgan fingerprint density at radius 3 is 2.73 bits per heavy atom. The van der Waals surface area contributed by atoms with Gasteiger partial charge >= 0.3 is 0 Å². The molecule has 114 valence electrons. The summed E-state index contributed by atoms with van der Waals surface area (Å²) in [6.45, 7) is 7.24. The van der Waals surface area contributed by atoms with Crippen LogP contribution in [0.15, 0.2) is 24.3 Å². The highest BCUT2D eigenvalue weighted by molar-refractivity contribution is 5.97. The first-order valence-electron chi connectivity index (χ1n) is 8.18. The minimum atomic E-state index is -0.607. The Kier molecular flexibility index (Phi) is 2.47. The number of amides is 1. The van der Waals surface area contributed by atoms with Crippen LogP contribution in [0.1, 0.15) is 49.0 Å². The number of benzene rings is 1. The number of likely N-dealkylation sites (tertiary alicyclic amines) is 1. The van der Waals surface area contributed by atoms with E-state index in [4.69, 9.17) is 0 Å². The predicted octanol–water partition coefficient (Wildman–Crippen LogP) is 3.54. The normalized spacial score (nSPS) is 41.7. The molecule has 4 rings (SSSR count). The van der Waals surface area contributed by atoms with Crippen molar-refractivity contribution in [1.29, 1.82) is 5.26 Å². The molecule has 0 N–H and O–H groups in total. The number of rotatable bonds is 1. The summed E-state index contributed by atoms with van der Waals surface area (Å²) in [5.74, 6) is 0.632. The molecule has 2 saturated carbocycles. The zero-order valence-electron chi connectivity index (χ0n) is 13.5. The van der Waals surface area contributed by atoms with E-state index in [1.807, 2.05) is 36.1 Å². The molecular formula is C19H22N2O. The van der Waals surface area contributed by atoms with E-state index in [1.165, 1.54) is 6.42 Å². The fourth-order valence-electron chi connectivity index (χ4n) is 5.71. The lowest BCUT2D eigenvalue weighted by Gasteiger charge is -2.43. The van der Waals surface area contributed by atoms with Crippen molar-refractivity contribution in [3.05, 3.63) is 35.4 Å². The summed E-state index contributed by atoms with van der Waals surface area (Å²) >= 11 is 0. The van der Waals surface area contributed by atoms with E-state index < -0.39 is 5.54 Å². The molecule has 1 aromatic carbocycles. The van der Waals surface area contributed by atoms with Crippen molar-refractivity contribution >= 4 is 5.91 Å². The number of nitriles is 1.